The molecule has 0 saturated heterocycles. The van der Waals surface area contributed by atoms with Crippen LogP contribution in [0, 0.1) is 13.8 Å². The summed E-state index contributed by atoms with van der Waals surface area (Å²) >= 11 is 3.39. The molecule has 0 radical (unpaired) electrons. The van der Waals surface area contributed by atoms with E-state index in [4.69, 9.17) is 4.74 Å². The molecule has 0 aromatic heterocycles. The zero-order chi connectivity index (χ0) is 16.1. The van der Waals surface area contributed by atoms with E-state index in [2.05, 4.69) is 21.2 Å². The second-order valence-corrected chi connectivity index (χ2v) is 6.20. The predicted octanol–water partition coefficient (Wildman–Crippen LogP) is 4.86. The van der Waals surface area contributed by atoms with Crippen molar-refractivity contribution in [2.75, 3.05) is 5.32 Å². The maximum Gasteiger partial charge on any atom is 0.265 e. The van der Waals surface area contributed by atoms with Gasteiger partial charge >= 0.3 is 0 Å². The molecule has 0 heterocycles. The summed E-state index contributed by atoms with van der Waals surface area (Å²) in [5, 5.41) is 2.89. The van der Waals surface area contributed by atoms with Gasteiger partial charge in [0.2, 0.25) is 0 Å². The first kappa shape index (κ1) is 16.6. The molecule has 116 valence electrons. The van der Waals surface area contributed by atoms with Gasteiger partial charge < -0.3 is 10.1 Å². The summed E-state index contributed by atoms with van der Waals surface area (Å²) in [7, 11) is 0. The average Bonchev–Trinajstić information content (AvgIpc) is 2.48. The number of anilines is 1. The fourth-order valence-corrected chi connectivity index (χ4v) is 2.50. The van der Waals surface area contributed by atoms with Gasteiger partial charge in [-0.25, -0.2) is 0 Å². The molecule has 22 heavy (non-hydrogen) atoms. The van der Waals surface area contributed by atoms with Crippen molar-refractivity contribution in [3.8, 4) is 5.75 Å². The lowest BCUT2D eigenvalue weighted by molar-refractivity contribution is -0.122. The highest BCUT2D eigenvalue weighted by Crippen LogP contribution is 2.22. The first-order valence-corrected chi connectivity index (χ1v) is 8.09. The van der Waals surface area contributed by atoms with Crippen LogP contribution < -0.4 is 10.1 Å². The van der Waals surface area contributed by atoms with E-state index in [0.717, 1.165) is 27.0 Å². The molecule has 0 fully saturated rings. The van der Waals surface area contributed by atoms with Gasteiger partial charge in [0.05, 0.1) is 0 Å². The molecule has 0 unspecified atom stereocenters. The van der Waals surface area contributed by atoms with Gasteiger partial charge in [0.1, 0.15) is 5.75 Å². The Hall–Kier alpha value is -1.81. The van der Waals surface area contributed by atoms with Crippen LogP contribution in [-0.2, 0) is 4.79 Å². The minimum absolute atomic E-state index is 0.137. The van der Waals surface area contributed by atoms with Crippen molar-refractivity contribution in [1.82, 2.24) is 0 Å². The van der Waals surface area contributed by atoms with Gasteiger partial charge in [0.15, 0.2) is 6.10 Å². The predicted molar refractivity (Wildman–Crippen MR) is 93.4 cm³/mol. The lowest BCUT2D eigenvalue weighted by Crippen LogP contribution is -2.32. The number of rotatable bonds is 5. The van der Waals surface area contributed by atoms with E-state index in [9.17, 15) is 4.79 Å². The SMILES string of the molecule is CC[C@H](Oc1cc(C)ccc1C)C(=O)Nc1cccc(Br)c1. The number of hydrogen-bond acceptors (Lipinski definition) is 2. The molecule has 2 aromatic carbocycles. The number of carbonyl (C=O) groups excluding carboxylic acids is 1. The molecule has 0 spiro atoms. The number of amides is 1. The third-order valence-corrected chi connectivity index (χ3v) is 3.86. The van der Waals surface area contributed by atoms with E-state index < -0.39 is 6.10 Å². The second-order valence-electron chi connectivity index (χ2n) is 5.28. The molecule has 3 nitrogen and oxygen atoms in total. The van der Waals surface area contributed by atoms with Crippen molar-refractivity contribution < 1.29 is 9.53 Å². The van der Waals surface area contributed by atoms with Crippen molar-refractivity contribution in [2.24, 2.45) is 0 Å². The standard InChI is InChI=1S/C18H20BrNO2/c1-4-16(22-17-10-12(2)8-9-13(17)3)18(21)20-15-7-5-6-14(19)11-15/h5-11,16H,4H2,1-3H3,(H,20,21)/t16-/m0/s1. The Morgan fingerprint density at radius 1 is 1.23 bits per heavy atom. The number of nitrogens with one attached hydrogen (secondary N) is 1. The quantitative estimate of drug-likeness (QED) is 0.825. The average molecular weight is 362 g/mol. The van der Waals surface area contributed by atoms with Crippen molar-refractivity contribution in [3.05, 3.63) is 58.1 Å². The van der Waals surface area contributed by atoms with Crippen LogP contribution in [0.5, 0.6) is 5.75 Å². The smallest absolute Gasteiger partial charge is 0.265 e. The van der Waals surface area contributed by atoms with Gasteiger partial charge in [0.25, 0.3) is 5.91 Å². The van der Waals surface area contributed by atoms with Crippen LogP contribution in [0.4, 0.5) is 5.69 Å². The van der Waals surface area contributed by atoms with Crippen LogP contribution in [0.1, 0.15) is 24.5 Å². The maximum absolute atomic E-state index is 12.4. The van der Waals surface area contributed by atoms with Gasteiger partial charge in [-0.1, -0.05) is 41.1 Å². The summed E-state index contributed by atoms with van der Waals surface area (Å²) in [5.74, 6) is 0.623. The summed E-state index contributed by atoms with van der Waals surface area (Å²) in [6.07, 6.45) is 0.0900. The minimum atomic E-state index is -0.514. The highest BCUT2D eigenvalue weighted by Gasteiger charge is 2.19. The van der Waals surface area contributed by atoms with Crippen LogP contribution in [0.25, 0.3) is 0 Å². The van der Waals surface area contributed by atoms with E-state index >= 15 is 0 Å². The Balaban J connectivity index is 2.10. The van der Waals surface area contributed by atoms with Crippen LogP contribution in [-0.4, -0.2) is 12.0 Å². The highest BCUT2D eigenvalue weighted by molar-refractivity contribution is 9.10. The maximum atomic E-state index is 12.4. The lowest BCUT2D eigenvalue weighted by atomic mass is 10.1. The van der Waals surface area contributed by atoms with Crippen LogP contribution in [0.3, 0.4) is 0 Å². The number of halogens is 1. The van der Waals surface area contributed by atoms with E-state index in [1.807, 2.05) is 63.2 Å². The van der Waals surface area contributed by atoms with E-state index in [-0.39, 0.29) is 5.91 Å². The molecule has 2 aromatic rings. The monoisotopic (exact) mass is 361 g/mol. The van der Waals surface area contributed by atoms with Crippen molar-refractivity contribution in [1.29, 1.82) is 0 Å². The van der Waals surface area contributed by atoms with Gasteiger partial charge in [-0.05, 0) is 55.7 Å². The first-order valence-electron chi connectivity index (χ1n) is 7.30. The topological polar surface area (TPSA) is 38.3 Å². The second kappa shape index (κ2) is 7.45. The molecule has 2 rings (SSSR count). The third kappa shape index (κ3) is 4.34. The number of carbonyl (C=O) groups is 1. The molecule has 1 amide bonds. The summed E-state index contributed by atoms with van der Waals surface area (Å²) in [5.41, 5.74) is 2.89. The van der Waals surface area contributed by atoms with Crippen molar-refractivity contribution in [2.45, 2.75) is 33.3 Å². The van der Waals surface area contributed by atoms with Gasteiger partial charge in [-0.2, -0.15) is 0 Å². The largest absolute Gasteiger partial charge is 0.480 e. The molecule has 0 aliphatic heterocycles. The molecular formula is C18H20BrNO2. The van der Waals surface area contributed by atoms with Crippen molar-refractivity contribution >= 4 is 27.5 Å². The third-order valence-electron chi connectivity index (χ3n) is 3.37. The van der Waals surface area contributed by atoms with E-state index in [1.165, 1.54) is 0 Å². The molecule has 1 atom stereocenters. The fourth-order valence-electron chi connectivity index (χ4n) is 2.10. The lowest BCUT2D eigenvalue weighted by Gasteiger charge is -2.19. The molecule has 4 heteroatoms. The molecule has 0 aliphatic rings. The van der Waals surface area contributed by atoms with Gasteiger partial charge in [-0.15, -0.1) is 0 Å². The Morgan fingerprint density at radius 2 is 2.00 bits per heavy atom. The number of ether oxygens (including phenoxy) is 1. The number of benzene rings is 2. The molecular weight excluding hydrogens is 342 g/mol. The Labute approximate surface area is 139 Å². The van der Waals surface area contributed by atoms with Gasteiger partial charge in [0, 0.05) is 10.2 Å². The Morgan fingerprint density at radius 3 is 2.68 bits per heavy atom. The van der Waals surface area contributed by atoms with Crippen LogP contribution in [0.2, 0.25) is 0 Å². The van der Waals surface area contributed by atoms with Crippen molar-refractivity contribution in [3.63, 3.8) is 0 Å². The summed E-state index contributed by atoms with van der Waals surface area (Å²) < 4.78 is 6.84. The van der Waals surface area contributed by atoms with Crippen LogP contribution in [0.15, 0.2) is 46.9 Å². The van der Waals surface area contributed by atoms with E-state index in [1.54, 1.807) is 0 Å². The summed E-state index contributed by atoms with van der Waals surface area (Å²) in [6, 6.07) is 13.5. The number of hydrogen-bond donors (Lipinski definition) is 1. The van der Waals surface area contributed by atoms with E-state index in [0.29, 0.717) is 6.42 Å². The Kier molecular flexibility index (Phi) is 5.61. The molecule has 0 saturated carbocycles. The molecule has 1 N–H and O–H groups in total. The van der Waals surface area contributed by atoms with Gasteiger partial charge in [-0.3, -0.25) is 4.79 Å². The summed E-state index contributed by atoms with van der Waals surface area (Å²) in [6.45, 7) is 5.93. The molecule has 0 bridgehead atoms. The summed E-state index contributed by atoms with van der Waals surface area (Å²) in [4.78, 5) is 12.4. The zero-order valence-corrected chi connectivity index (χ0v) is 14.6. The normalized spacial score (nSPS) is 11.8. The molecule has 0 aliphatic carbocycles. The fraction of sp³-hybridized carbons (Fsp3) is 0.278. The number of aryl methyl sites for hydroxylation is 2. The highest BCUT2D eigenvalue weighted by atomic mass is 79.9. The minimum Gasteiger partial charge on any atom is -0.480 e. The zero-order valence-electron chi connectivity index (χ0n) is 13.0. The first-order chi connectivity index (χ1) is 10.5. The van der Waals surface area contributed by atoms with Crippen LogP contribution >= 0.6 is 15.9 Å². The Bertz CT molecular complexity index is 670.